The van der Waals surface area contributed by atoms with Crippen LogP contribution in [0.4, 0.5) is 17.6 Å². The van der Waals surface area contributed by atoms with Gasteiger partial charge in [0.05, 0.1) is 5.52 Å². The second kappa shape index (κ2) is 8.94. The smallest absolute Gasteiger partial charge is 0.253 e. The lowest BCUT2D eigenvalue weighted by molar-refractivity contribution is 0.403. The summed E-state index contributed by atoms with van der Waals surface area (Å²) in [6.07, 6.45) is 3.28. The number of fused-ring (bicyclic) bond motifs is 2. The maximum absolute atomic E-state index is 14.9. The molecule has 0 amide bonds. The third-order valence-corrected chi connectivity index (χ3v) is 7.15. The normalized spacial score (nSPS) is 12.5. The number of aromatic nitrogens is 3. The minimum absolute atomic E-state index is 0.327. The van der Waals surface area contributed by atoms with Crippen LogP contribution >= 0.6 is 23.2 Å². The molecule has 9 heteroatoms. The van der Waals surface area contributed by atoms with Crippen LogP contribution < -0.4 is 0 Å². The van der Waals surface area contributed by atoms with Gasteiger partial charge in [-0.05, 0) is 35.4 Å². The topological polar surface area (TPSA) is 33.6 Å². The summed E-state index contributed by atoms with van der Waals surface area (Å²) in [5.41, 5.74) is 2.24. The molecule has 0 bridgehead atoms. The van der Waals surface area contributed by atoms with Crippen molar-refractivity contribution in [3.63, 3.8) is 0 Å². The summed E-state index contributed by atoms with van der Waals surface area (Å²) >= 11 is 13.4. The molecule has 3 heterocycles. The van der Waals surface area contributed by atoms with Crippen LogP contribution in [-0.4, -0.2) is 14.5 Å². The molecule has 0 aliphatic carbocycles. The van der Waals surface area contributed by atoms with Crippen LogP contribution in [0, 0.1) is 23.5 Å². The fourth-order valence-electron chi connectivity index (χ4n) is 4.91. The van der Waals surface area contributed by atoms with E-state index in [1.54, 1.807) is 42.5 Å². The van der Waals surface area contributed by atoms with Gasteiger partial charge in [0.15, 0.2) is 0 Å². The summed E-state index contributed by atoms with van der Waals surface area (Å²) < 4.78 is 59.1. The van der Waals surface area contributed by atoms with Gasteiger partial charge < -0.3 is 9.55 Å². The standard InChI is InChI=1S/C28H15Cl2F4N3/c29-18-8-5-9-19(30)23(18)22(16-12-35-20-10-3-1-6-14(16)20)17-13-37(21-11-4-2-7-15(17)21)26-24(31)27(33)36-28(34)25(26)32/h1-13,22,35H. The fraction of sp³-hybridized carbons (Fsp3) is 0.0357. The lowest BCUT2D eigenvalue weighted by Gasteiger charge is -2.20. The number of nitrogens with zero attached hydrogens (tertiary/aromatic N) is 2. The van der Waals surface area contributed by atoms with Gasteiger partial charge in [-0.15, -0.1) is 0 Å². The van der Waals surface area contributed by atoms with Crippen LogP contribution in [0.15, 0.2) is 79.1 Å². The van der Waals surface area contributed by atoms with Gasteiger partial charge >= 0.3 is 0 Å². The SMILES string of the molecule is Fc1nc(F)c(F)c(-n2cc(C(c3c(Cl)cccc3Cl)c3c[nH]c4ccccc34)c3ccccc32)c1F. The highest BCUT2D eigenvalue weighted by atomic mass is 35.5. The van der Waals surface area contributed by atoms with Gasteiger partial charge in [0.2, 0.25) is 11.6 Å². The Bertz CT molecular complexity index is 1780. The maximum atomic E-state index is 14.9. The molecule has 0 spiro atoms. The molecule has 3 aromatic carbocycles. The van der Waals surface area contributed by atoms with Gasteiger partial charge in [-0.1, -0.05) is 65.7 Å². The van der Waals surface area contributed by atoms with E-state index in [-0.39, 0.29) is 0 Å². The van der Waals surface area contributed by atoms with Crippen molar-refractivity contribution in [2.75, 3.05) is 0 Å². The molecule has 1 unspecified atom stereocenters. The van der Waals surface area contributed by atoms with Crippen molar-refractivity contribution in [3.05, 3.63) is 129 Å². The zero-order valence-electron chi connectivity index (χ0n) is 18.7. The summed E-state index contributed by atoms with van der Waals surface area (Å²) in [6.45, 7) is 0. The Kier molecular flexibility index (Phi) is 5.70. The zero-order chi connectivity index (χ0) is 25.8. The first kappa shape index (κ1) is 23.6. The first-order valence-corrected chi connectivity index (χ1v) is 11.9. The van der Waals surface area contributed by atoms with Gasteiger partial charge in [-0.3, -0.25) is 0 Å². The number of hydrogen-bond donors (Lipinski definition) is 1. The molecule has 0 radical (unpaired) electrons. The number of benzene rings is 3. The maximum Gasteiger partial charge on any atom is 0.253 e. The molecular weight excluding hydrogens is 525 g/mol. The van der Waals surface area contributed by atoms with Crippen molar-refractivity contribution in [3.8, 4) is 5.69 Å². The van der Waals surface area contributed by atoms with E-state index in [1.165, 1.54) is 6.20 Å². The summed E-state index contributed by atoms with van der Waals surface area (Å²) in [5, 5.41) is 2.25. The Balaban J connectivity index is 1.73. The monoisotopic (exact) mass is 539 g/mol. The Morgan fingerprint density at radius 3 is 2.05 bits per heavy atom. The molecule has 3 nitrogen and oxygen atoms in total. The predicted octanol–water partition coefficient (Wildman–Crippen LogP) is 8.55. The Morgan fingerprint density at radius 2 is 1.35 bits per heavy atom. The molecule has 0 saturated carbocycles. The van der Waals surface area contributed by atoms with Gasteiger partial charge in [-0.25, -0.2) is 0 Å². The van der Waals surface area contributed by atoms with E-state index in [0.29, 0.717) is 32.1 Å². The predicted molar refractivity (Wildman–Crippen MR) is 137 cm³/mol. The Hall–Kier alpha value is -3.81. The van der Waals surface area contributed by atoms with Crippen molar-refractivity contribution in [2.24, 2.45) is 0 Å². The van der Waals surface area contributed by atoms with Crippen LogP contribution in [-0.2, 0) is 0 Å². The van der Waals surface area contributed by atoms with Crippen LogP contribution in [0.5, 0.6) is 0 Å². The van der Waals surface area contributed by atoms with Gasteiger partial charge in [0, 0.05) is 50.2 Å². The number of para-hydroxylation sites is 2. The largest absolute Gasteiger partial charge is 0.361 e. The molecule has 6 rings (SSSR count). The molecule has 0 aliphatic rings. The number of H-pyrrole nitrogens is 1. The molecule has 3 aromatic heterocycles. The number of pyridine rings is 1. The quantitative estimate of drug-likeness (QED) is 0.176. The van der Waals surface area contributed by atoms with Crippen LogP contribution in [0.2, 0.25) is 10.0 Å². The number of nitrogens with one attached hydrogen (secondary N) is 1. The lowest BCUT2D eigenvalue weighted by Crippen LogP contribution is -2.09. The first-order valence-electron chi connectivity index (χ1n) is 11.2. The molecule has 0 aliphatic heterocycles. The van der Waals surface area contributed by atoms with Crippen molar-refractivity contribution >= 4 is 45.0 Å². The van der Waals surface area contributed by atoms with E-state index in [1.807, 2.05) is 30.5 Å². The van der Waals surface area contributed by atoms with Crippen molar-refractivity contribution in [1.29, 1.82) is 0 Å². The minimum Gasteiger partial charge on any atom is -0.361 e. The van der Waals surface area contributed by atoms with Crippen molar-refractivity contribution in [1.82, 2.24) is 14.5 Å². The molecule has 1 N–H and O–H groups in total. The summed E-state index contributed by atoms with van der Waals surface area (Å²) in [4.78, 5) is 5.94. The second-order valence-corrected chi connectivity index (χ2v) is 9.31. The Labute approximate surface area is 217 Å². The van der Waals surface area contributed by atoms with Gasteiger partial charge in [0.25, 0.3) is 11.9 Å². The van der Waals surface area contributed by atoms with E-state index in [0.717, 1.165) is 21.0 Å². The zero-order valence-corrected chi connectivity index (χ0v) is 20.3. The van der Waals surface area contributed by atoms with E-state index in [2.05, 4.69) is 9.97 Å². The lowest BCUT2D eigenvalue weighted by atomic mass is 9.84. The molecule has 37 heavy (non-hydrogen) atoms. The number of rotatable bonds is 4. The molecule has 1 atom stereocenters. The highest BCUT2D eigenvalue weighted by Gasteiger charge is 2.30. The average molecular weight is 540 g/mol. The highest BCUT2D eigenvalue weighted by Crippen LogP contribution is 2.45. The first-order chi connectivity index (χ1) is 17.9. The molecule has 0 fully saturated rings. The second-order valence-electron chi connectivity index (χ2n) is 8.50. The van der Waals surface area contributed by atoms with E-state index in [4.69, 9.17) is 23.2 Å². The van der Waals surface area contributed by atoms with Crippen molar-refractivity contribution in [2.45, 2.75) is 5.92 Å². The third-order valence-electron chi connectivity index (χ3n) is 6.49. The summed E-state index contributed by atoms with van der Waals surface area (Å²) in [6, 6.07) is 19.6. The number of halogens is 6. The summed E-state index contributed by atoms with van der Waals surface area (Å²) in [7, 11) is 0. The highest BCUT2D eigenvalue weighted by molar-refractivity contribution is 6.36. The van der Waals surface area contributed by atoms with E-state index < -0.39 is 35.1 Å². The van der Waals surface area contributed by atoms with Crippen molar-refractivity contribution < 1.29 is 17.6 Å². The Morgan fingerprint density at radius 1 is 0.730 bits per heavy atom. The van der Waals surface area contributed by atoms with Crippen LogP contribution in [0.1, 0.15) is 22.6 Å². The van der Waals surface area contributed by atoms with E-state index >= 15 is 0 Å². The van der Waals surface area contributed by atoms with E-state index in [9.17, 15) is 17.6 Å². The van der Waals surface area contributed by atoms with Gasteiger partial charge in [0.1, 0.15) is 5.69 Å². The van der Waals surface area contributed by atoms with Crippen LogP contribution in [0.3, 0.4) is 0 Å². The summed E-state index contributed by atoms with van der Waals surface area (Å²) in [5.74, 6) is -7.30. The van der Waals surface area contributed by atoms with Crippen LogP contribution in [0.25, 0.3) is 27.5 Å². The molecule has 184 valence electrons. The fourth-order valence-corrected chi connectivity index (χ4v) is 5.52. The molecule has 6 aromatic rings. The average Bonchev–Trinajstić information content (AvgIpc) is 3.48. The number of hydrogen-bond acceptors (Lipinski definition) is 1. The van der Waals surface area contributed by atoms with Gasteiger partial charge in [-0.2, -0.15) is 22.5 Å². The molecule has 0 saturated heterocycles. The third kappa shape index (κ3) is 3.69. The minimum atomic E-state index is -1.74. The number of aromatic amines is 1. The molecular formula is C28H15Cl2F4N3.